The summed E-state index contributed by atoms with van der Waals surface area (Å²) in [6, 6.07) is 8.45. The van der Waals surface area contributed by atoms with E-state index in [1.165, 1.54) is 11.1 Å². The van der Waals surface area contributed by atoms with Crippen LogP contribution in [0.15, 0.2) is 24.3 Å². The van der Waals surface area contributed by atoms with Gasteiger partial charge in [-0.1, -0.05) is 29.8 Å². The number of benzene rings is 1. The van der Waals surface area contributed by atoms with E-state index in [0.717, 1.165) is 6.42 Å². The second kappa shape index (κ2) is 5.43. The van der Waals surface area contributed by atoms with E-state index in [-0.39, 0.29) is 12.1 Å². The molecule has 1 aromatic carbocycles. The van der Waals surface area contributed by atoms with Crippen LogP contribution in [0.2, 0.25) is 0 Å². The van der Waals surface area contributed by atoms with Crippen molar-refractivity contribution in [1.29, 1.82) is 0 Å². The average Bonchev–Trinajstić information content (AvgIpc) is 2.30. The third kappa shape index (κ3) is 3.04. The van der Waals surface area contributed by atoms with Gasteiger partial charge in [0.15, 0.2) is 0 Å². The highest BCUT2D eigenvalue weighted by molar-refractivity contribution is 5.23. The lowest BCUT2D eigenvalue weighted by atomic mass is 10.0. The van der Waals surface area contributed by atoms with Gasteiger partial charge >= 0.3 is 0 Å². The van der Waals surface area contributed by atoms with E-state index < -0.39 is 0 Å². The highest BCUT2D eigenvalue weighted by atomic mass is 16.6. The van der Waals surface area contributed by atoms with Crippen LogP contribution in [0.5, 0.6) is 0 Å². The van der Waals surface area contributed by atoms with Crippen LogP contribution < -0.4 is 5.73 Å². The smallest absolute Gasteiger partial charge is 0.0963 e. The fraction of sp³-hybridized carbons (Fsp3) is 0.538. The van der Waals surface area contributed by atoms with E-state index >= 15 is 0 Å². The molecule has 0 spiro atoms. The number of hydrogen-bond acceptors (Lipinski definition) is 3. The van der Waals surface area contributed by atoms with Gasteiger partial charge in [-0.25, -0.2) is 0 Å². The predicted molar refractivity (Wildman–Crippen MR) is 63.4 cm³/mol. The summed E-state index contributed by atoms with van der Waals surface area (Å²) in [6.07, 6.45) is 0.879. The molecule has 3 heteroatoms. The Morgan fingerprint density at radius 3 is 3.00 bits per heavy atom. The third-order valence-corrected chi connectivity index (χ3v) is 2.87. The molecule has 2 unspecified atom stereocenters. The van der Waals surface area contributed by atoms with Crippen LogP contribution in [0, 0.1) is 6.92 Å². The zero-order valence-electron chi connectivity index (χ0n) is 9.69. The van der Waals surface area contributed by atoms with E-state index in [9.17, 15) is 0 Å². The number of rotatable bonds is 3. The van der Waals surface area contributed by atoms with E-state index in [1.807, 2.05) is 0 Å². The Morgan fingerprint density at radius 1 is 1.44 bits per heavy atom. The molecule has 3 nitrogen and oxygen atoms in total. The van der Waals surface area contributed by atoms with Gasteiger partial charge in [0.05, 0.1) is 25.9 Å². The summed E-state index contributed by atoms with van der Waals surface area (Å²) < 4.78 is 11.0. The maximum Gasteiger partial charge on any atom is 0.0963 e. The summed E-state index contributed by atoms with van der Waals surface area (Å²) in [4.78, 5) is 0. The van der Waals surface area contributed by atoms with E-state index in [0.29, 0.717) is 19.8 Å². The van der Waals surface area contributed by atoms with Crippen molar-refractivity contribution in [3.8, 4) is 0 Å². The van der Waals surface area contributed by atoms with Crippen LogP contribution in [0.1, 0.15) is 11.1 Å². The van der Waals surface area contributed by atoms with Crippen LogP contribution in [0.25, 0.3) is 0 Å². The molecule has 0 bridgehead atoms. The highest BCUT2D eigenvalue weighted by Gasteiger charge is 2.21. The van der Waals surface area contributed by atoms with E-state index in [1.54, 1.807) is 0 Å². The van der Waals surface area contributed by atoms with Gasteiger partial charge in [-0.3, -0.25) is 0 Å². The minimum atomic E-state index is 0.0158. The molecule has 88 valence electrons. The summed E-state index contributed by atoms with van der Waals surface area (Å²) in [5.41, 5.74) is 8.66. The second-order valence-corrected chi connectivity index (χ2v) is 4.34. The molecule has 16 heavy (non-hydrogen) atoms. The van der Waals surface area contributed by atoms with Gasteiger partial charge < -0.3 is 15.2 Å². The van der Waals surface area contributed by atoms with Crippen LogP contribution in [0.3, 0.4) is 0 Å². The first-order valence-electron chi connectivity index (χ1n) is 5.76. The van der Waals surface area contributed by atoms with Crippen molar-refractivity contribution in [1.82, 2.24) is 0 Å². The van der Waals surface area contributed by atoms with Crippen LogP contribution in [-0.4, -0.2) is 32.0 Å². The molecule has 1 fully saturated rings. The monoisotopic (exact) mass is 221 g/mol. The van der Waals surface area contributed by atoms with Gasteiger partial charge in [0.25, 0.3) is 0 Å². The fourth-order valence-electron chi connectivity index (χ4n) is 2.00. The Balaban J connectivity index is 1.93. The Morgan fingerprint density at radius 2 is 2.31 bits per heavy atom. The van der Waals surface area contributed by atoms with Gasteiger partial charge in [0.1, 0.15) is 0 Å². The molecule has 1 aromatic rings. The second-order valence-electron chi connectivity index (χ2n) is 4.34. The molecule has 2 atom stereocenters. The van der Waals surface area contributed by atoms with Crippen molar-refractivity contribution < 1.29 is 9.47 Å². The summed E-state index contributed by atoms with van der Waals surface area (Å²) in [7, 11) is 0. The lowest BCUT2D eigenvalue weighted by Crippen LogP contribution is -2.44. The van der Waals surface area contributed by atoms with Gasteiger partial charge in [-0.15, -0.1) is 0 Å². The van der Waals surface area contributed by atoms with Crippen molar-refractivity contribution in [3.05, 3.63) is 35.4 Å². The average molecular weight is 221 g/mol. The molecule has 1 aliphatic rings. The SMILES string of the molecule is Cc1cccc(CC(N)C2COCCO2)c1. The molecule has 0 amide bonds. The standard InChI is InChI=1S/C13H19NO2/c1-10-3-2-4-11(7-10)8-12(14)13-9-15-5-6-16-13/h2-4,7,12-13H,5-6,8-9,14H2,1H3. The molecule has 1 heterocycles. The number of nitrogens with two attached hydrogens (primary N) is 1. The first kappa shape index (κ1) is 11.6. The first-order chi connectivity index (χ1) is 7.75. The molecular formula is C13H19NO2. The van der Waals surface area contributed by atoms with Crippen molar-refractivity contribution in [2.24, 2.45) is 5.73 Å². The zero-order chi connectivity index (χ0) is 11.4. The Bertz CT molecular complexity index is 334. The van der Waals surface area contributed by atoms with Crippen molar-refractivity contribution in [2.45, 2.75) is 25.5 Å². The minimum Gasteiger partial charge on any atom is -0.376 e. The lowest BCUT2D eigenvalue weighted by Gasteiger charge is -2.28. The largest absolute Gasteiger partial charge is 0.376 e. The van der Waals surface area contributed by atoms with Crippen molar-refractivity contribution in [3.63, 3.8) is 0 Å². The maximum absolute atomic E-state index is 6.13. The highest BCUT2D eigenvalue weighted by Crippen LogP contribution is 2.11. The molecule has 2 N–H and O–H groups in total. The quantitative estimate of drug-likeness (QED) is 0.836. The maximum atomic E-state index is 6.13. The molecule has 0 aromatic heterocycles. The molecule has 1 aliphatic heterocycles. The summed E-state index contributed by atoms with van der Waals surface area (Å²) in [5, 5.41) is 0. The summed E-state index contributed by atoms with van der Waals surface area (Å²) in [5.74, 6) is 0. The third-order valence-electron chi connectivity index (χ3n) is 2.87. The van der Waals surface area contributed by atoms with Gasteiger partial charge in [-0.05, 0) is 18.9 Å². The fourth-order valence-corrected chi connectivity index (χ4v) is 2.00. The van der Waals surface area contributed by atoms with Gasteiger partial charge in [-0.2, -0.15) is 0 Å². The van der Waals surface area contributed by atoms with Crippen LogP contribution >= 0.6 is 0 Å². The van der Waals surface area contributed by atoms with E-state index in [2.05, 4.69) is 31.2 Å². The van der Waals surface area contributed by atoms with Gasteiger partial charge in [0.2, 0.25) is 0 Å². The molecular weight excluding hydrogens is 202 g/mol. The molecule has 2 rings (SSSR count). The Hall–Kier alpha value is -0.900. The molecule has 0 radical (unpaired) electrons. The number of aryl methyl sites for hydroxylation is 1. The van der Waals surface area contributed by atoms with Gasteiger partial charge in [0, 0.05) is 6.04 Å². The van der Waals surface area contributed by atoms with Crippen molar-refractivity contribution in [2.75, 3.05) is 19.8 Å². The van der Waals surface area contributed by atoms with Crippen LogP contribution in [-0.2, 0) is 15.9 Å². The van der Waals surface area contributed by atoms with Crippen molar-refractivity contribution >= 4 is 0 Å². The first-order valence-corrected chi connectivity index (χ1v) is 5.76. The lowest BCUT2D eigenvalue weighted by molar-refractivity contribution is -0.0967. The van der Waals surface area contributed by atoms with E-state index in [4.69, 9.17) is 15.2 Å². The molecule has 1 saturated heterocycles. The summed E-state index contributed by atoms with van der Waals surface area (Å²) in [6.45, 7) is 4.06. The topological polar surface area (TPSA) is 44.5 Å². The summed E-state index contributed by atoms with van der Waals surface area (Å²) >= 11 is 0. The number of hydrogen-bond donors (Lipinski definition) is 1. The Kier molecular flexibility index (Phi) is 3.93. The molecule has 0 saturated carbocycles. The minimum absolute atomic E-state index is 0.0158. The normalized spacial score (nSPS) is 23.0. The zero-order valence-corrected chi connectivity index (χ0v) is 9.69. The molecule has 0 aliphatic carbocycles. The predicted octanol–water partition coefficient (Wildman–Crippen LogP) is 1.28. The Labute approximate surface area is 96.5 Å². The van der Waals surface area contributed by atoms with Crippen LogP contribution in [0.4, 0.5) is 0 Å². The number of ether oxygens (including phenoxy) is 2.